The number of carbonyl (C=O) groups excluding carboxylic acids is 2. The Labute approximate surface area is 201 Å². The van der Waals surface area contributed by atoms with E-state index in [0.29, 0.717) is 17.1 Å². The molecule has 0 aliphatic heterocycles. The average molecular weight is 496 g/mol. The summed E-state index contributed by atoms with van der Waals surface area (Å²) in [6.07, 6.45) is 0.444. The number of rotatable bonds is 8. The highest BCUT2D eigenvalue weighted by molar-refractivity contribution is 7.80. The maximum Gasteiger partial charge on any atom is 0.341 e. The standard InChI is InChI=1S/C17H15FO6.C5H11N3OS/c1-22-17(21)12-6-13(8-14(7-12)24-10-16(19)20)23-9-11-4-2-3-5-15(11)18;1-3-4(9)7-8-5(10)6-2/h2-8H,9-10H2,1H3,(H,19,20);3H2,1-2H3,(H,7,9)(H2,6,8,10). The first-order valence-corrected chi connectivity index (χ1v) is 10.3. The smallest absolute Gasteiger partial charge is 0.341 e. The van der Waals surface area contributed by atoms with Crippen molar-refractivity contribution in [3.8, 4) is 11.5 Å². The van der Waals surface area contributed by atoms with Gasteiger partial charge in [0.05, 0.1) is 12.7 Å². The molecule has 0 radical (unpaired) electrons. The molecular formula is C22H26FN3O7S. The number of aliphatic carboxylic acids is 1. The van der Waals surface area contributed by atoms with E-state index in [1.807, 2.05) is 0 Å². The Morgan fingerprint density at radius 1 is 1.06 bits per heavy atom. The highest BCUT2D eigenvalue weighted by atomic mass is 32.1. The van der Waals surface area contributed by atoms with E-state index in [2.05, 4.69) is 33.1 Å². The topological polar surface area (TPSA) is 135 Å². The van der Waals surface area contributed by atoms with E-state index in [1.165, 1.54) is 31.4 Å². The Bertz CT molecular complexity index is 988. The van der Waals surface area contributed by atoms with Gasteiger partial charge in [0.15, 0.2) is 11.7 Å². The summed E-state index contributed by atoms with van der Waals surface area (Å²) >= 11 is 4.68. The molecule has 0 aliphatic carbocycles. The molecule has 2 rings (SSSR count). The monoisotopic (exact) mass is 495 g/mol. The SMILES string of the molecule is CCC(=O)NNC(=S)NC.COC(=O)c1cc(OCC(=O)O)cc(OCc2ccccc2F)c1. The van der Waals surface area contributed by atoms with Gasteiger partial charge in [-0.1, -0.05) is 25.1 Å². The summed E-state index contributed by atoms with van der Waals surface area (Å²) < 4.78 is 28.8. The van der Waals surface area contributed by atoms with Crippen LogP contribution in [-0.4, -0.2) is 48.8 Å². The molecule has 0 unspecified atom stereocenters. The molecule has 1 amide bonds. The number of carbonyl (C=O) groups is 3. The molecule has 0 heterocycles. The first-order chi connectivity index (χ1) is 16.2. The van der Waals surface area contributed by atoms with Crippen molar-refractivity contribution in [2.75, 3.05) is 20.8 Å². The summed E-state index contributed by atoms with van der Waals surface area (Å²) in [6, 6.07) is 10.3. The largest absolute Gasteiger partial charge is 0.489 e. The Morgan fingerprint density at radius 3 is 2.26 bits per heavy atom. The molecule has 34 heavy (non-hydrogen) atoms. The third-order valence-corrected chi connectivity index (χ3v) is 4.19. The number of carboxylic acids is 1. The van der Waals surface area contributed by atoms with Crippen LogP contribution in [-0.2, 0) is 20.9 Å². The first kappa shape index (κ1) is 28.1. The van der Waals surface area contributed by atoms with E-state index in [1.54, 1.807) is 32.2 Å². The minimum absolute atomic E-state index is 0.0599. The van der Waals surface area contributed by atoms with Crippen molar-refractivity contribution in [1.29, 1.82) is 0 Å². The van der Waals surface area contributed by atoms with Gasteiger partial charge in [0.25, 0.3) is 0 Å². The molecule has 0 fully saturated rings. The van der Waals surface area contributed by atoms with Crippen LogP contribution < -0.4 is 25.6 Å². The van der Waals surface area contributed by atoms with Gasteiger partial charge in [-0.3, -0.25) is 15.6 Å². The second-order valence-corrected chi connectivity index (χ2v) is 6.76. The fraction of sp³-hybridized carbons (Fsp3) is 0.273. The van der Waals surface area contributed by atoms with E-state index in [9.17, 15) is 18.8 Å². The second-order valence-electron chi connectivity index (χ2n) is 6.35. The molecule has 4 N–H and O–H groups in total. The van der Waals surface area contributed by atoms with Gasteiger partial charge in [-0.2, -0.15) is 0 Å². The van der Waals surface area contributed by atoms with E-state index >= 15 is 0 Å². The number of methoxy groups -OCH3 is 1. The Hall–Kier alpha value is -3.93. The number of ether oxygens (including phenoxy) is 3. The van der Waals surface area contributed by atoms with Crippen LogP contribution in [0.2, 0.25) is 0 Å². The predicted octanol–water partition coefficient (Wildman–Crippen LogP) is 2.18. The van der Waals surface area contributed by atoms with Crippen molar-refractivity contribution in [1.82, 2.24) is 16.2 Å². The Kier molecular flexibility index (Phi) is 12.4. The number of carboxylic acid groups (broad SMARTS) is 1. The average Bonchev–Trinajstić information content (AvgIpc) is 2.84. The third kappa shape index (κ3) is 10.6. The lowest BCUT2D eigenvalue weighted by atomic mass is 10.2. The van der Waals surface area contributed by atoms with Gasteiger partial charge >= 0.3 is 11.9 Å². The van der Waals surface area contributed by atoms with E-state index < -0.39 is 24.4 Å². The summed E-state index contributed by atoms with van der Waals surface area (Å²) in [5.41, 5.74) is 5.36. The number of nitrogens with one attached hydrogen (secondary N) is 3. The van der Waals surface area contributed by atoms with Crippen LogP contribution >= 0.6 is 12.2 Å². The summed E-state index contributed by atoms with van der Waals surface area (Å²) in [4.78, 5) is 32.8. The number of halogens is 1. The fourth-order valence-corrected chi connectivity index (χ4v) is 2.22. The molecular weight excluding hydrogens is 469 g/mol. The number of thiocarbonyl (C=S) groups is 1. The van der Waals surface area contributed by atoms with Gasteiger partial charge in [-0.25, -0.2) is 14.0 Å². The molecule has 2 aromatic rings. The zero-order valence-electron chi connectivity index (χ0n) is 18.8. The lowest BCUT2D eigenvalue weighted by Gasteiger charge is -2.11. The summed E-state index contributed by atoms with van der Waals surface area (Å²) in [7, 11) is 2.89. The molecule has 184 valence electrons. The molecule has 0 spiro atoms. The van der Waals surface area contributed by atoms with Crippen molar-refractivity contribution in [3.05, 3.63) is 59.4 Å². The highest BCUT2D eigenvalue weighted by Gasteiger charge is 2.12. The zero-order chi connectivity index (χ0) is 25.5. The van der Waals surface area contributed by atoms with Crippen LogP contribution in [0, 0.1) is 5.82 Å². The summed E-state index contributed by atoms with van der Waals surface area (Å²) in [6.45, 7) is 1.13. The van der Waals surface area contributed by atoms with Gasteiger partial charge in [0.1, 0.15) is 23.9 Å². The van der Waals surface area contributed by atoms with Crippen molar-refractivity contribution >= 4 is 35.2 Å². The number of amides is 1. The van der Waals surface area contributed by atoms with Gasteiger partial charge in [0, 0.05) is 25.1 Å². The number of hydrogen-bond acceptors (Lipinski definition) is 7. The molecule has 0 saturated carbocycles. The van der Waals surface area contributed by atoms with Crippen molar-refractivity contribution < 1.29 is 38.1 Å². The Morgan fingerprint density at radius 2 is 1.71 bits per heavy atom. The second kappa shape index (κ2) is 15.0. The molecule has 2 aromatic carbocycles. The first-order valence-electron chi connectivity index (χ1n) is 9.90. The number of esters is 1. The molecule has 0 aliphatic rings. The van der Waals surface area contributed by atoms with E-state index in [4.69, 9.17) is 14.6 Å². The maximum atomic E-state index is 13.6. The minimum atomic E-state index is -1.16. The molecule has 0 saturated heterocycles. The fourth-order valence-electron chi connectivity index (χ4n) is 2.17. The van der Waals surface area contributed by atoms with Gasteiger partial charge in [-0.15, -0.1) is 0 Å². The summed E-state index contributed by atoms with van der Waals surface area (Å²) in [5, 5.41) is 11.7. The van der Waals surface area contributed by atoms with Crippen LogP contribution in [0.1, 0.15) is 29.3 Å². The zero-order valence-corrected chi connectivity index (χ0v) is 19.7. The highest BCUT2D eigenvalue weighted by Crippen LogP contribution is 2.25. The number of hydrogen-bond donors (Lipinski definition) is 4. The quantitative estimate of drug-likeness (QED) is 0.245. The van der Waals surface area contributed by atoms with Crippen LogP contribution in [0.5, 0.6) is 11.5 Å². The molecule has 0 bridgehead atoms. The van der Waals surface area contributed by atoms with Crippen molar-refractivity contribution in [2.24, 2.45) is 0 Å². The summed E-state index contributed by atoms with van der Waals surface area (Å²) in [5.74, 6) is -1.94. The normalized spacial score (nSPS) is 9.53. The molecule has 12 heteroatoms. The van der Waals surface area contributed by atoms with Crippen molar-refractivity contribution in [2.45, 2.75) is 20.0 Å². The van der Waals surface area contributed by atoms with E-state index in [-0.39, 0.29) is 29.6 Å². The molecule has 10 nitrogen and oxygen atoms in total. The van der Waals surface area contributed by atoms with Crippen LogP contribution in [0.4, 0.5) is 4.39 Å². The minimum Gasteiger partial charge on any atom is -0.489 e. The lowest BCUT2D eigenvalue weighted by molar-refractivity contribution is -0.139. The maximum absolute atomic E-state index is 13.6. The van der Waals surface area contributed by atoms with Gasteiger partial charge in [0.2, 0.25) is 5.91 Å². The number of hydrazine groups is 1. The van der Waals surface area contributed by atoms with Gasteiger partial charge in [-0.05, 0) is 30.4 Å². The lowest BCUT2D eigenvalue weighted by Crippen LogP contribution is -2.45. The van der Waals surface area contributed by atoms with Crippen molar-refractivity contribution in [3.63, 3.8) is 0 Å². The van der Waals surface area contributed by atoms with Crippen LogP contribution in [0.25, 0.3) is 0 Å². The number of benzene rings is 2. The van der Waals surface area contributed by atoms with Crippen LogP contribution in [0.3, 0.4) is 0 Å². The molecule has 0 atom stereocenters. The third-order valence-electron chi connectivity index (χ3n) is 3.88. The predicted molar refractivity (Wildman–Crippen MR) is 125 cm³/mol. The van der Waals surface area contributed by atoms with E-state index in [0.717, 1.165) is 0 Å². The Balaban J connectivity index is 0.000000489. The van der Waals surface area contributed by atoms with Crippen LogP contribution in [0.15, 0.2) is 42.5 Å². The molecule has 0 aromatic heterocycles. The van der Waals surface area contributed by atoms with Gasteiger partial charge < -0.3 is 24.6 Å².